The van der Waals surface area contributed by atoms with Gasteiger partial charge in [0.05, 0.1) is 28.0 Å². The molecule has 0 radical (unpaired) electrons. The summed E-state index contributed by atoms with van der Waals surface area (Å²) in [6, 6.07) is 50.8. The van der Waals surface area contributed by atoms with E-state index in [0.29, 0.717) is 61.8 Å². The number of rotatable bonds is 8. The van der Waals surface area contributed by atoms with E-state index in [2.05, 4.69) is 0 Å². The monoisotopic (exact) mass is 908 g/mol. The Hall–Kier alpha value is -7.82. The summed E-state index contributed by atoms with van der Waals surface area (Å²) in [4.78, 5) is 9.85. The largest absolute Gasteiger partial charge is 0.507 e. The van der Waals surface area contributed by atoms with Crippen LogP contribution in [0.3, 0.4) is 0 Å². The molecule has 334 valence electrons. The maximum atomic E-state index is 13.1. The van der Waals surface area contributed by atoms with E-state index < -0.39 is 99.5 Å². The smallest absolute Gasteiger partial charge is 0.149 e. The number of aromatic hydroxyl groups is 1. The van der Waals surface area contributed by atoms with Gasteiger partial charge in [-0.3, -0.25) is 9.55 Å². The molecule has 0 fully saturated rings. The Balaban J connectivity index is 1.35. The number of benzene rings is 8. The topological polar surface area (TPSA) is 50.9 Å². The van der Waals surface area contributed by atoms with Crippen LogP contribution in [0, 0.1) is 13.7 Å². The van der Waals surface area contributed by atoms with Gasteiger partial charge in [-0.25, -0.2) is 4.98 Å². The summed E-state index contributed by atoms with van der Waals surface area (Å²) in [6.07, 6.45) is 1.57. The molecule has 4 nitrogen and oxygen atoms in total. The molecule has 1 N–H and O–H groups in total. The summed E-state index contributed by atoms with van der Waals surface area (Å²) < 4.78 is 211. The minimum atomic E-state index is -4.27. The lowest BCUT2D eigenvalue weighted by atomic mass is 9.79. The molecule has 0 aliphatic carbocycles. The molecule has 68 heavy (non-hydrogen) atoms. The predicted molar refractivity (Wildman–Crippen MR) is 285 cm³/mol. The molecule has 0 unspecified atom stereocenters. The van der Waals surface area contributed by atoms with Gasteiger partial charge in [-0.05, 0) is 152 Å². The zero-order chi connectivity index (χ0) is 67.3. The van der Waals surface area contributed by atoms with Gasteiger partial charge in [0.15, 0.2) is 0 Å². The normalized spacial score (nSPS) is 18.6. The van der Waals surface area contributed by atoms with Crippen LogP contribution >= 0.6 is 0 Å². The Morgan fingerprint density at radius 1 is 0.471 bits per heavy atom. The van der Waals surface area contributed by atoms with Crippen molar-refractivity contribution < 1.29 is 38.0 Å². The third-order valence-electron chi connectivity index (χ3n) is 12.0. The van der Waals surface area contributed by atoms with Crippen LogP contribution < -0.4 is 0 Å². The quantitative estimate of drug-likeness (QED) is 0.165. The summed E-state index contributed by atoms with van der Waals surface area (Å²) in [5, 5.41) is 13.1. The Kier molecular flexibility index (Phi) is 6.23. The molecule has 0 aliphatic rings. The van der Waals surface area contributed by atoms with Gasteiger partial charge >= 0.3 is 0 Å². The number of aromatic nitrogens is 3. The van der Waals surface area contributed by atoms with Crippen molar-refractivity contribution in [2.24, 2.45) is 0 Å². The lowest BCUT2D eigenvalue weighted by Gasteiger charge is -2.27. The predicted octanol–water partition coefficient (Wildman–Crippen LogP) is 17.0. The molecule has 0 saturated carbocycles. The number of phenolic OH excluding ortho intramolecular Hbond substituents is 1. The van der Waals surface area contributed by atoms with E-state index in [1.54, 1.807) is 91.1 Å². The van der Waals surface area contributed by atoms with Crippen molar-refractivity contribution in [1.29, 1.82) is 0 Å². The molecule has 0 spiro atoms. The molecular formula is C64H57N3O. The minimum absolute atomic E-state index is 0.0144. The van der Waals surface area contributed by atoms with E-state index in [-0.39, 0.29) is 33.9 Å². The molecule has 10 rings (SSSR count). The number of hydrogen-bond donors (Lipinski definition) is 1. The molecule has 4 heteroatoms. The molecule has 0 saturated heterocycles. The van der Waals surface area contributed by atoms with Crippen molar-refractivity contribution in [3.05, 3.63) is 217 Å². The van der Waals surface area contributed by atoms with Gasteiger partial charge < -0.3 is 5.11 Å². The third-order valence-corrected chi connectivity index (χ3v) is 12.0. The second-order valence-electron chi connectivity index (χ2n) is 16.7. The summed E-state index contributed by atoms with van der Waals surface area (Å²) in [5.74, 6) is -2.22. The van der Waals surface area contributed by atoms with Crippen LogP contribution in [0.2, 0.25) is 0 Å². The zero-order valence-electron chi connectivity index (χ0n) is 60.3. The summed E-state index contributed by atoms with van der Waals surface area (Å²) in [5.41, 5.74) is -6.60. The van der Waals surface area contributed by atoms with Crippen LogP contribution in [0.5, 0.6) is 5.75 Å². The van der Waals surface area contributed by atoms with Crippen molar-refractivity contribution in [2.45, 2.75) is 65.6 Å². The van der Waals surface area contributed by atoms with Gasteiger partial charge in [-0.15, -0.1) is 0 Å². The number of hydrogen-bond acceptors (Lipinski definition) is 3. The van der Waals surface area contributed by atoms with E-state index in [1.807, 2.05) is 72.8 Å². The fraction of sp³-hybridized carbons (Fsp3) is 0.156. The van der Waals surface area contributed by atoms with E-state index in [0.717, 1.165) is 10.1 Å². The minimum Gasteiger partial charge on any atom is -0.507 e. The Bertz CT molecular complexity index is 4330. The first-order chi connectivity index (χ1) is 42.6. The van der Waals surface area contributed by atoms with Gasteiger partial charge in [-0.2, -0.15) is 0 Å². The number of fused-ring (bicyclic) bond motifs is 1. The number of aryl methyl sites for hydroxylation is 2. The second kappa shape index (κ2) is 17.4. The van der Waals surface area contributed by atoms with Gasteiger partial charge in [-0.1, -0.05) is 169 Å². The van der Waals surface area contributed by atoms with Gasteiger partial charge in [0.2, 0.25) is 0 Å². The molecule has 10 aromatic rings. The fourth-order valence-corrected chi connectivity index (χ4v) is 8.69. The molecule has 2 aromatic heterocycles. The maximum Gasteiger partial charge on any atom is 0.149 e. The van der Waals surface area contributed by atoms with Crippen molar-refractivity contribution in [1.82, 2.24) is 14.5 Å². The van der Waals surface area contributed by atoms with Crippen molar-refractivity contribution >= 4 is 11.0 Å². The molecule has 0 atom stereocenters. The molecule has 0 amide bonds. The standard InChI is InChI=1S/C64H57N3O/c1-41-31-48(44-21-14-10-15-22-44)34-49(32-41)47-29-30-65-57(38-47)52-36-50(45-23-16-11-17-24-45)35-51(37-52)54-25-18-26-59-60(54)66-62(55-39-53(63(3,4)5)40-56(61(55)68)64(6,7)8)67(59)58-28-27-46(33-42(58)2)43-19-12-9-13-20-43/h9-40,68H,1-8H3/i1D3,2D3,3D3,4D3,5D3,6D3,7D3,8D3. The summed E-state index contributed by atoms with van der Waals surface area (Å²) in [6.45, 7) is -30.7. The van der Waals surface area contributed by atoms with E-state index >= 15 is 0 Å². The SMILES string of the molecule is [2H]C([2H])([2H])c1cc(-c2ccccc2)cc(-c2ccnc(-c3cc(-c4ccccc4)cc(-c4cccc5c4nc(-c4cc(C(C([2H])([2H])[2H])(C([2H])([2H])[2H])C([2H])([2H])[2H])cc(C(C([2H])([2H])[2H])(C([2H])([2H])[2H])C([2H])([2H])[2H])c4O)n5-c4ccc(-c5ccccc5)cc4C([2H])([2H])[2H])c3)c2)c1. The van der Waals surface area contributed by atoms with Crippen LogP contribution in [-0.4, -0.2) is 19.6 Å². The van der Waals surface area contributed by atoms with E-state index in [9.17, 15) is 5.11 Å². The van der Waals surface area contributed by atoms with Gasteiger partial charge in [0, 0.05) is 55.8 Å². The Morgan fingerprint density at radius 3 is 1.74 bits per heavy atom. The highest BCUT2D eigenvalue weighted by molar-refractivity contribution is 5.98. The summed E-state index contributed by atoms with van der Waals surface area (Å²) >= 11 is 0. The lowest BCUT2D eigenvalue weighted by molar-refractivity contribution is 0.446. The number of imidazole rings is 1. The molecule has 8 aromatic carbocycles. The summed E-state index contributed by atoms with van der Waals surface area (Å²) in [7, 11) is 0. The van der Waals surface area contributed by atoms with Crippen molar-refractivity contribution in [3.8, 4) is 89.7 Å². The van der Waals surface area contributed by atoms with E-state index in [4.69, 9.17) is 42.9 Å². The molecule has 0 aliphatic heterocycles. The Morgan fingerprint density at radius 2 is 1.07 bits per heavy atom. The maximum absolute atomic E-state index is 13.1. The Labute approximate surface area is 435 Å². The molecule has 0 bridgehead atoms. The number of nitrogens with zero attached hydrogens (tertiary/aromatic N) is 3. The van der Waals surface area contributed by atoms with Crippen LogP contribution in [-0.2, 0) is 10.8 Å². The first-order valence-electron chi connectivity index (χ1n) is 33.6. The first kappa shape index (κ1) is 24.3. The first-order valence-corrected chi connectivity index (χ1v) is 21.6. The number of para-hydroxylation sites is 1. The molecule has 2 heterocycles. The van der Waals surface area contributed by atoms with Gasteiger partial charge in [0.25, 0.3) is 0 Å². The highest BCUT2D eigenvalue weighted by Gasteiger charge is 2.29. The third kappa shape index (κ3) is 8.55. The second-order valence-corrected chi connectivity index (χ2v) is 16.7. The highest BCUT2D eigenvalue weighted by atomic mass is 16.3. The van der Waals surface area contributed by atoms with Gasteiger partial charge in [0.1, 0.15) is 11.6 Å². The number of pyridine rings is 1. The van der Waals surface area contributed by atoms with Crippen LogP contribution in [0.1, 0.15) is 96.3 Å². The fourth-order valence-electron chi connectivity index (χ4n) is 8.69. The van der Waals surface area contributed by atoms with Crippen molar-refractivity contribution in [2.75, 3.05) is 0 Å². The van der Waals surface area contributed by atoms with Crippen LogP contribution in [0.4, 0.5) is 0 Å². The van der Waals surface area contributed by atoms with Crippen molar-refractivity contribution in [3.63, 3.8) is 0 Å². The van der Waals surface area contributed by atoms with Crippen LogP contribution in [0.15, 0.2) is 194 Å². The molecular weight excluding hydrogens is 827 g/mol. The zero-order valence-corrected chi connectivity index (χ0v) is 36.3. The average Bonchev–Trinajstić information content (AvgIpc) is 0.786. The van der Waals surface area contributed by atoms with E-state index in [1.165, 1.54) is 18.2 Å². The lowest BCUT2D eigenvalue weighted by Crippen LogP contribution is -2.17. The van der Waals surface area contributed by atoms with Crippen LogP contribution in [0.25, 0.3) is 95.0 Å². The number of phenols is 1. The highest BCUT2D eigenvalue weighted by Crippen LogP contribution is 2.45. The average molecular weight is 908 g/mol.